The number of hydrogen-bond donors (Lipinski definition) is 2. The molecule has 0 saturated carbocycles. The number of carbonyl (C=O) groups excluding carboxylic acids is 1. The lowest BCUT2D eigenvalue weighted by molar-refractivity contribution is 0.111. The SMILES string of the molecule is N=C(/C=C\NCC(F)F)c1cc(F)c(C=O)c(F)c1. The highest BCUT2D eigenvalue weighted by Gasteiger charge is 2.11. The fourth-order valence-electron chi connectivity index (χ4n) is 1.25. The lowest BCUT2D eigenvalue weighted by atomic mass is 10.1. The van der Waals surface area contributed by atoms with Crippen LogP contribution in [0.3, 0.4) is 0 Å². The number of nitrogens with one attached hydrogen (secondary N) is 2. The van der Waals surface area contributed by atoms with Crippen molar-refractivity contribution >= 4 is 12.0 Å². The molecule has 0 aliphatic carbocycles. The normalized spacial score (nSPS) is 11.0. The molecule has 0 aliphatic rings. The van der Waals surface area contributed by atoms with Crippen molar-refractivity contribution in [1.82, 2.24) is 5.32 Å². The van der Waals surface area contributed by atoms with Crippen LogP contribution in [0.15, 0.2) is 24.4 Å². The molecule has 0 unspecified atom stereocenters. The minimum atomic E-state index is -2.54. The third-order valence-electron chi connectivity index (χ3n) is 2.15. The summed E-state index contributed by atoms with van der Waals surface area (Å²) in [6.07, 6.45) is -0.340. The Hall–Kier alpha value is -2.18. The van der Waals surface area contributed by atoms with Crippen LogP contribution in [0, 0.1) is 17.0 Å². The summed E-state index contributed by atoms with van der Waals surface area (Å²) in [5.41, 5.74) is -1.09. The van der Waals surface area contributed by atoms with Gasteiger partial charge in [-0.1, -0.05) is 0 Å². The molecular formula is C12H10F4N2O. The number of benzene rings is 1. The second-order valence-corrected chi connectivity index (χ2v) is 3.52. The van der Waals surface area contributed by atoms with E-state index in [1.54, 1.807) is 0 Å². The van der Waals surface area contributed by atoms with Gasteiger partial charge in [-0.25, -0.2) is 17.6 Å². The van der Waals surface area contributed by atoms with Gasteiger partial charge in [0.05, 0.1) is 17.8 Å². The van der Waals surface area contributed by atoms with E-state index in [9.17, 15) is 22.4 Å². The minimum absolute atomic E-state index is 0.0398. The van der Waals surface area contributed by atoms with Crippen molar-refractivity contribution in [2.75, 3.05) is 6.54 Å². The van der Waals surface area contributed by atoms with Gasteiger partial charge in [0.15, 0.2) is 6.29 Å². The molecule has 3 nitrogen and oxygen atoms in total. The number of rotatable bonds is 6. The Kier molecular flexibility index (Phi) is 5.23. The van der Waals surface area contributed by atoms with E-state index in [1.807, 2.05) is 0 Å². The van der Waals surface area contributed by atoms with Crippen molar-refractivity contribution in [2.24, 2.45) is 0 Å². The Bertz CT molecular complexity index is 491. The Balaban J connectivity index is 2.81. The minimum Gasteiger partial charge on any atom is -0.385 e. The lowest BCUT2D eigenvalue weighted by Gasteiger charge is -2.03. The first kappa shape index (κ1) is 14.9. The first-order valence-electron chi connectivity index (χ1n) is 5.17. The summed E-state index contributed by atoms with van der Waals surface area (Å²) in [4.78, 5) is 10.4. The summed E-state index contributed by atoms with van der Waals surface area (Å²) in [7, 11) is 0. The summed E-state index contributed by atoms with van der Waals surface area (Å²) >= 11 is 0. The largest absolute Gasteiger partial charge is 0.385 e. The zero-order valence-electron chi connectivity index (χ0n) is 9.59. The molecule has 1 aromatic carbocycles. The number of allylic oxidation sites excluding steroid dienone is 1. The van der Waals surface area contributed by atoms with E-state index in [0.717, 1.165) is 24.4 Å². The maximum absolute atomic E-state index is 13.3. The molecule has 1 rings (SSSR count). The molecule has 0 heterocycles. The summed E-state index contributed by atoms with van der Waals surface area (Å²) in [6, 6.07) is 1.65. The van der Waals surface area contributed by atoms with E-state index in [-0.39, 0.29) is 17.6 Å². The van der Waals surface area contributed by atoms with Crippen LogP contribution in [0.25, 0.3) is 0 Å². The van der Waals surface area contributed by atoms with Crippen LogP contribution >= 0.6 is 0 Å². The summed E-state index contributed by atoms with van der Waals surface area (Å²) < 4.78 is 50.1. The summed E-state index contributed by atoms with van der Waals surface area (Å²) in [5.74, 6) is -2.16. The Morgan fingerprint density at radius 3 is 2.37 bits per heavy atom. The topological polar surface area (TPSA) is 53.0 Å². The molecule has 0 spiro atoms. The number of carbonyl (C=O) groups is 1. The van der Waals surface area contributed by atoms with Crippen molar-refractivity contribution < 1.29 is 22.4 Å². The average Bonchev–Trinajstić information content (AvgIpc) is 2.33. The number of alkyl halides is 2. The molecular weight excluding hydrogens is 264 g/mol. The van der Waals surface area contributed by atoms with Crippen molar-refractivity contribution in [2.45, 2.75) is 6.43 Å². The van der Waals surface area contributed by atoms with Gasteiger partial charge in [-0.05, 0) is 24.4 Å². The van der Waals surface area contributed by atoms with Gasteiger partial charge in [0.25, 0.3) is 6.43 Å². The fraction of sp³-hybridized carbons (Fsp3) is 0.167. The number of hydrogen-bond acceptors (Lipinski definition) is 3. The molecule has 0 amide bonds. The third-order valence-corrected chi connectivity index (χ3v) is 2.15. The quantitative estimate of drug-likeness (QED) is 0.476. The molecule has 0 aromatic heterocycles. The van der Waals surface area contributed by atoms with Crippen LogP contribution in [-0.2, 0) is 0 Å². The molecule has 2 N–H and O–H groups in total. The van der Waals surface area contributed by atoms with Gasteiger partial charge in [-0.2, -0.15) is 0 Å². The summed E-state index contributed by atoms with van der Waals surface area (Å²) in [6.45, 7) is -0.587. The van der Waals surface area contributed by atoms with E-state index < -0.39 is 30.2 Å². The Labute approximate surface area is 106 Å². The molecule has 0 saturated heterocycles. The molecule has 19 heavy (non-hydrogen) atoms. The maximum Gasteiger partial charge on any atom is 0.255 e. The Morgan fingerprint density at radius 1 is 1.32 bits per heavy atom. The van der Waals surface area contributed by atoms with Crippen molar-refractivity contribution in [1.29, 1.82) is 5.41 Å². The third kappa shape index (κ3) is 4.20. The standard InChI is InChI=1S/C12H10F4N2O/c13-9-3-7(4-10(14)8(9)6-19)11(17)1-2-18-5-12(15)16/h1-4,6,12,17-18H,5H2/b2-1-,17-11?. The van der Waals surface area contributed by atoms with E-state index >= 15 is 0 Å². The zero-order chi connectivity index (χ0) is 14.4. The van der Waals surface area contributed by atoms with Gasteiger partial charge in [0.2, 0.25) is 0 Å². The first-order chi connectivity index (χ1) is 8.95. The van der Waals surface area contributed by atoms with E-state index in [1.165, 1.54) is 0 Å². The molecule has 7 heteroatoms. The Morgan fingerprint density at radius 2 is 1.89 bits per heavy atom. The highest BCUT2D eigenvalue weighted by Crippen LogP contribution is 2.14. The van der Waals surface area contributed by atoms with Crippen molar-refractivity contribution in [3.05, 3.63) is 47.2 Å². The van der Waals surface area contributed by atoms with Gasteiger partial charge in [-0.15, -0.1) is 0 Å². The van der Waals surface area contributed by atoms with E-state index in [2.05, 4.69) is 5.32 Å². The van der Waals surface area contributed by atoms with Crippen molar-refractivity contribution in [3.63, 3.8) is 0 Å². The fourth-order valence-corrected chi connectivity index (χ4v) is 1.25. The molecule has 0 radical (unpaired) electrons. The lowest BCUT2D eigenvalue weighted by Crippen LogP contribution is -2.15. The zero-order valence-corrected chi connectivity index (χ0v) is 9.59. The molecule has 0 bridgehead atoms. The van der Waals surface area contributed by atoms with Gasteiger partial charge >= 0.3 is 0 Å². The molecule has 0 fully saturated rings. The van der Waals surface area contributed by atoms with Crippen LogP contribution in [0.4, 0.5) is 17.6 Å². The smallest absolute Gasteiger partial charge is 0.255 e. The second-order valence-electron chi connectivity index (χ2n) is 3.52. The maximum atomic E-state index is 13.3. The van der Waals surface area contributed by atoms with Crippen molar-refractivity contribution in [3.8, 4) is 0 Å². The molecule has 102 valence electrons. The van der Waals surface area contributed by atoms with Crippen LogP contribution in [0.1, 0.15) is 15.9 Å². The van der Waals surface area contributed by atoms with Gasteiger partial charge in [0, 0.05) is 5.56 Å². The second kappa shape index (κ2) is 6.67. The highest BCUT2D eigenvalue weighted by molar-refractivity contribution is 6.06. The monoisotopic (exact) mass is 274 g/mol. The van der Waals surface area contributed by atoms with Crippen LogP contribution < -0.4 is 5.32 Å². The summed E-state index contributed by atoms with van der Waals surface area (Å²) in [5, 5.41) is 9.72. The first-order valence-corrected chi connectivity index (χ1v) is 5.17. The van der Waals surface area contributed by atoms with Gasteiger partial charge in [0.1, 0.15) is 11.6 Å². The van der Waals surface area contributed by atoms with E-state index in [0.29, 0.717) is 0 Å². The number of halogens is 4. The van der Waals surface area contributed by atoms with Crippen LogP contribution in [0.2, 0.25) is 0 Å². The molecule has 1 aromatic rings. The predicted molar refractivity (Wildman–Crippen MR) is 61.7 cm³/mol. The number of aldehydes is 1. The van der Waals surface area contributed by atoms with Gasteiger partial charge < -0.3 is 10.7 Å². The highest BCUT2D eigenvalue weighted by atomic mass is 19.3. The average molecular weight is 274 g/mol. The van der Waals surface area contributed by atoms with Crippen LogP contribution in [0.5, 0.6) is 0 Å². The van der Waals surface area contributed by atoms with E-state index in [4.69, 9.17) is 5.41 Å². The van der Waals surface area contributed by atoms with Crippen LogP contribution in [-0.4, -0.2) is 25.0 Å². The molecule has 0 aliphatic heterocycles. The molecule has 0 atom stereocenters. The predicted octanol–water partition coefficient (Wildman–Crippen LogP) is 2.51. The van der Waals surface area contributed by atoms with Gasteiger partial charge in [-0.3, -0.25) is 4.79 Å².